The topological polar surface area (TPSA) is 85.8 Å². The van der Waals surface area contributed by atoms with Gasteiger partial charge >= 0.3 is 5.97 Å². The first-order chi connectivity index (χ1) is 13.0. The second-order valence-corrected chi connectivity index (χ2v) is 6.45. The van der Waals surface area contributed by atoms with Crippen LogP contribution in [0.25, 0.3) is 5.65 Å². The molecule has 0 saturated heterocycles. The fourth-order valence-corrected chi connectivity index (χ4v) is 2.72. The maximum atomic E-state index is 11.6. The van der Waals surface area contributed by atoms with E-state index in [1.165, 1.54) is 0 Å². The van der Waals surface area contributed by atoms with Crippen molar-refractivity contribution in [2.45, 2.75) is 20.0 Å². The molecule has 0 N–H and O–H groups in total. The highest BCUT2D eigenvalue weighted by Gasteiger charge is 2.17. The summed E-state index contributed by atoms with van der Waals surface area (Å²) in [6.45, 7) is 3.66. The van der Waals surface area contributed by atoms with Gasteiger partial charge in [0.05, 0.1) is 6.61 Å². The minimum Gasteiger partial charge on any atom is -0.479 e. The number of nitrogens with zero attached hydrogens (tertiary/aromatic N) is 3. The van der Waals surface area contributed by atoms with Crippen LogP contribution in [-0.2, 0) is 9.53 Å². The molecule has 27 heavy (non-hydrogen) atoms. The number of nitriles is 1. The van der Waals surface area contributed by atoms with Crippen LogP contribution < -0.4 is 9.47 Å². The predicted octanol–water partition coefficient (Wildman–Crippen LogP) is 4.09. The monoisotopic (exact) mass is 429 g/mol. The molecule has 0 spiro atoms. The molecular formula is C19H16BrN3O4. The standard InChI is InChI=1S/C19H16BrN3O4/c1-3-25-19(24)12(2)26-14-5-7-15(8-6-14)27-18-16(10-21)23-11-13(20)4-9-17(23)22-18/h4-9,11-12H,3H2,1-2H3. The summed E-state index contributed by atoms with van der Waals surface area (Å²) in [5, 5.41) is 9.44. The third kappa shape index (κ3) is 4.20. The van der Waals surface area contributed by atoms with E-state index in [0.29, 0.717) is 29.4 Å². The molecule has 1 atom stereocenters. The Bertz CT molecular complexity index is 1010. The van der Waals surface area contributed by atoms with Crippen LogP contribution in [0.4, 0.5) is 0 Å². The van der Waals surface area contributed by atoms with Crippen molar-refractivity contribution in [2.75, 3.05) is 6.61 Å². The molecule has 2 heterocycles. The maximum absolute atomic E-state index is 11.6. The highest BCUT2D eigenvalue weighted by atomic mass is 79.9. The molecule has 138 valence electrons. The summed E-state index contributed by atoms with van der Waals surface area (Å²) in [6, 6.07) is 12.4. The Hall–Kier alpha value is -3.05. The molecule has 3 rings (SSSR count). The van der Waals surface area contributed by atoms with Crippen molar-refractivity contribution in [1.82, 2.24) is 9.38 Å². The van der Waals surface area contributed by atoms with Crippen LogP contribution in [0.1, 0.15) is 19.5 Å². The molecule has 0 aliphatic heterocycles. The lowest BCUT2D eigenvalue weighted by molar-refractivity contribution is -0.150. The zero-order valence-corrected chi connectivity index (χ0v) is 16.3. The Labute approximate surface area is 164 Å². The van der Waals surface area contributed by atoms with Crippen LogP contribution in [0.3, 0.4) is 0 Å². The van der Waals surface area contributed by atoms with Gasteiger partial charge in [-0.15, -0.1) is 0 Å². The number of fused-ring (bicyclic) bond motifs is 1. The van der Waals surface area contributed by atoms with E-state index in [1.54, 1.807) is 54.8 Å². The lowest BCUT2D eigenvalue weighted by Crippen LogP contribution is -2.25. The van der Waals surface area contributed by atoms with Crippen LogP contribution in [-0.4, -0.2) is 28.1 Å². The molecule has 8 heteroatoms. The number of benzene rings is 1. The Balaban J connectivity index is 1.76. The Kier molecular flexibility index (Phi) is 5.62. The zero-order valence-electron chi connectivity index (χ0n) is 14.7. The van der Waals surface area contributed by atoms with Crippen molar-refractivity contribution in [3.63, 3.8) is 0 Å². The van der Waals surface area contributed by atoms with Gasteiger partial charge < -0.3 is 14.2 Å². The molecule has 0 amide bonds. The SMILES string of the molecule is CCOC(=O)C(C)Oc1ccc(Oc2nc3ccc(Br)cn3c2C#N)cc1. The first-order valence-electron chi connectivity index (χ1n) is 8.20. The summed E-state index contributed by atoms with van der Waals surface area (Å²) in [7, 11) is 0. The van der Waals surface area contributed by atoms with E-state index in [0.717, 1.165) is 4.47 Å². The lowest BCUT2D eigenvalue weighted by atomic mass is 10.3. The normalized spacial score (nSPS) is 11.6. The van der Waals surface area contributed by atoms with Crippen molar-refractivity contribution in [3.8, 4) is 23.4 Å². The van der Waals surface area contributed by atoms with E-state index in [4.69, 9.17) is 14.2 Å². The molecule has 1 aromatic carbocycles. The molecule has 0 fully saturated rings. The van der Waals surface area contributed by atoms with Gasteiger partial charge in [0, 0.05) is 10.7 Å². The van der Waals surface area contributed by atoms with Gasteiger partial charge in [-0.05, 0) is 66.2 Å². The average Bonchev–Trinajstić information content (AvgIpc) is 2.99. The summed E-state index contributed by atoms with van der Waals surface area (Å²) in [5.41, 5.74) is 0.899. The quantitative estimate of drug-likeness (QED) is 0.548. The van der Waals surface area contributed by atoms with Crippen LogP contribution >= 0.6 is 15.9 Å². The molecule has 0 bridgehead atoms. The number of rotatable bonds is 6. The third-order valence-corrected chi connectivity index (χ3v) is 4.10. The van der Waals surface area contributed by atoms with E-state index in [1.807, 2.05) is 6.07 Å². The fraction of sp³-hybridized carbons (Fsp3) is 0.211. The van der Waals surface area contributed by atoms with E-state index >= 15 is 0 Å². The molecule has 7 nitrogen and oxygen atoms in total. The van der Waals surface area contributed by atoms with E-state index in [-0.39, 0.29) is 5.88 Å². The van der Waals surface area contributed by atoms with Crippen molar-refractivity contribution < 1.29 is 19.0 Å². The third-order valence-electron chi connectivity index (χ3n) is 3.63. The van der Waals surface area contributed by atoms with Crippen LogP contribution in [0.15, 0.2) is 47.1 Å². The number of hydrogen-bond acceptors (Lipinski definition) is 6. The number of carbonyl (C=O) groups excluding carboxylic acids is 1. The molecule has 3 aromatic rings. The van der Waals surface area contributed by atoms with Gasteiger partial charge in [-0.1, -0.05) is 0 Å². The number of aromatic nitrogens is 2. The van der Waals surface area contributed by atoms with Crippen molar-refractivity contribution in [1.29, 1.82) is 5.26 Å². The molecular weight excluding hydrogens is 414 g/mol. The number of halogens is 1. The van der Waals surface area contributed by atoms with Gasteiger partial charge in [0.25, 0.3) is 5.88 Å². The van der Waals surface area contributed by atoms with Gasteiger partial charge in [0.15, 0.2) is 11.8 Å². The fourth-order valence-electron chi connectivity index (χ4n) is 2.38. The first-order valence-corrected chi connectivity index (χ1v) is 9.00. The van der Waals surface area contributed by atoms with Gasteiger partial charge in [-0.25, -0.2) is 4.79 Å². The van der Waals surface area contributed by atoms with Crippen LogP contribution in [0.5, 0.6) is 17.4 Å². The number of imidazole rings is 1. The highest BCUT2D eigenvalue weighted by molar-refractivity contribution is 9.10. The van der Waals surface area contributed by atoms with Crippen molar-refractivity contribution >= 4 is 27.5 Å². The number of pyridine rings is 1. The lowest BCUT2D eigenvalue weighted by Gasteiger charge is -2.13. The minimum absolute atomic E-state index is 0.212. The molecule has 0 aliphatic rings. The number of hydrogen-bond donors (Lipinski definition) is 0. The first kappa shape index (κ1) is 18.7. The van der Waals surface area contributed by atoms with Crippen LogP contribution in [0.2, 0.25) is 0 Å². The second kappa shape index (κ2) is 8.10. The minimum atomic E-state index is -0.709. The predicted molar refractivity (Wildman–Crippen MR) is 101 cm³/mol. The molecule has 2 aromatic heterocycles. The molecule has 1 unspecified atom stereocenters. The number of esters is 1. The van der Waals surface area contributed by atoms with Crippen LogP contribution in [0, 0.1) is 11.3 Å². The zero-order chi connectivity index (χ0) is 19.4. The highest BCUT2D eigenvalue weighted by Crippen LogP contribution is 2.28. The van der Waals surface area contributed by atoms with E-state index < -0.39 is 12.1 Å². The summed E-state index contributed by atoms with van der Waals surface area (Å²) < 4.78 is 18.7. The summed E-state index contributed by atoms with van der Waals surface area (Å²) >= 11 is 3.37. The van der Waals surface area contributed by atoms with Gasteiger partial charge in [0.1, 0.15) is 23.2 Å². The van der Waals surface area contributed by atoms with Gasteiger partial charge in [0.2, 0.25) is 0 Å². The van der Waals surface area contributed by atoms with Crippen molar-refractivity contribution in [3.05, 3.63) is 52.8 Å². The molecule has 0 radical (unpaired) electrons. The van der Waals surface area contributed by atoms with E-state index in [2.05, 4.69) is 27.0 Å². The average molecular weight is 430 g/mol. The smallest absolute Gasteiger partial charge is 0.347 e. The second-order valence-electron chi connectivity index (χ2n) is 5.54. The van der Waals surface area contributed by atoms with E-state index in [9.17, 15) is 10.1 Å². The Morgan fingerprint density at radius 3 is 2.63 bits per heavy atom. The number of ether oxygens (including phenoxy) is 3. The number of carbonyl (C=O) groups is 1. The molecule has 0 saturated carbocycles. The maximum Gasteiger partial charge on any atom is 0.347 e. The van der Waals surface area contributed by atoms with Crippen molar-refractivity contribution in [2.24, 2.45) is 0 Å². The largest absolute Gasteiger partial charge is 0.479 e. The summed E-state index contributed by atoms with van der Waals surface area (Å²) in [6.07, 6.45) is 1.04. The Morgan fingerprint density at radius 1 is 1.26 bits per heavy atom. The summed E-state index contributed by atoms with van der Waals surface area (Å²) in [5.74, 6) is 0.781. The summed E-state index contributed by atoms with van der Waals surface area (Å²) in [4.78, 5) is 16.0. The molecule has 0 aliphatic carbocycles. The Morgan fingerprint density at radius 2 is 1.96 bits per heavy atom. The van der Waals surface area contributed by atoms with Gasteiger partial charge in [-0.2, -0.15) is 10.2 Å². The van der Waals surface area contributed by atoms with Gasteiger partial charge in [-0.3, -0.25) is 4.40 Å².